The van der Waals surface area contributed by atoms with Crippen LogP contribution in [-0.4, -0.2) is 54.7 Å². The maximum absolute atomic E-state index is 10.8. The molecule has 0 fully saturated rings. The number of rotatable bonds is 6. The minimum absolute atomic E-state index is 0.0819. The first-order chi connectivity index (χ1) is 8.52. The average Bonchev–Trinajstić information content (AvgIpc) is 2.34. The molecule has 0 aliphatic heterocycles. The predicted octanol–water partition coefficient (Wildman–Crippen LogP) is 0.406. The van der Waals surface area contributed by atoms with E-state index in [0.717, 1.165) is 6.54 Å². The van der Waals surface area contributed by atoms with E-state index in [2.05, 4.69) is 4.98 Å². The molecule has 1 heterocycles. The first-order valence-electron chi connectivity index (χ1n) is 5.50. The molecule has 6 heteroatoms. The molecule has 0 unspecified atom stereocenters. The first-order valence-corrected chi connectivity index (χ1v) is 5.50. The molecule has 0 saturated carbocycles. The smallest absolute Gasteiger partial charge is 0.323 e. The van der Waals surface area contributed by atoms with E-state index in [4.69, 9.17) is 10.4 Å². The molecule has 1 rings (SSSR count). The van der Waals surface area contributed by atoms with Crippen molar-refractivity contribution in [3.05, 3.63) is 24.0 Å². The molecule has 1 aromatic heterocycles. The molecule has 0 atom stereocenters. The zero-order chi connectivity index (χ0) is 13.5. The van der Waals surface area contributed by atoms with Gasteiger partial charge in [0, 0.05) is 13.1 Å². The molecule has 0 aliphatic rings. The molecule has 0 aliphatic carbocycles. The second-order valence-electron chi connectivity index (χ2n) is 4.13. The molecule has 18 heavy (non-hydrogen) atoms. The maximum atomic E-state index is 10.8. The Labute approximate surface area is 106 Å². The largest absolute Gasteiger partial charge is 0.480 e. The van der Waals surface area contributed by atoms with Crippen LogP contribution >= 0.6 is 0 Å². The number of hydrogen-bond acceptors (Lipinski definition) is 5. The number of carboxylic acid groups (broad SMARTS) is 1. The number of carbonyl (C=O) groups is 1. The molecule has 1 aromatic rings. The lowest BCUT2D eigenvalue weighted by Gasteiger charge is -2.24. The van der Waals surface area contributed by atoms with Gasteiger partial charge < -0.3 is 14.9 Å². The molecule has 0 amide bonds. The van der Waals surface area contributed by atoms with Gasteiger partial charge in [-0.3, -0.25) is 4.79 Å². The van der Waals surface area contributed by atoms with Crippen molar-refractivity contribution in [1.82, 2.24) is 9.88 Å². The number of pyridine rings is 1. The second kappa shape index (κ2) is 6.57. The Morgan fingerprint density at radius 3 is 2.61 bits per heavy atom. The number of anilines is 1. The molecule has 0 bridgehead atoms. The average molecular weight is 248 g/mol. The third-order valence-electron chi connectivity index (χ3n) is 2.37. The summed E-state index contributed by atoms with van der Waals surface area (Å²) in [5, 5.41) is 17.5. The highest BCUT2D eigenvalue weighted by Crippen LogP contribution is 2.12. The summed E-state index contributed by atoms with van der Waals surface area (Å²) < 4.78 is 0. The fraction of sp³-hybridized carbons (Fsp3) is 0.417. The summed E-state index contributed by atoms with van der Waals surface area (Å²) in [4.78, 5) is 18.5. The van der Waals surface area contributed by atoms with Gasteiger partial charge in [-0.15, -0.1) is 0 Å². The van der Waals surface area contributed by atoms with Gasteiger partial charge in [0.25, 0.3) is 0 Å². The zero-order valence-electron chi connectivity index (χ0n) is 10.5. The summed E-state index contributed by atoms with van der Waals surface area (Å²) in [6.07, 6.45) is 1.52. The molecule has 1 N–H and O–H groups in total. The van der Waals surface area contributed by atoms with Crippen LogP contribution in [-0.2, 0) is 4.79 Å². The molecule has 0 radical (unpaired) electrons. The van der Waals surface area contributed by atoms with Crippen LogP contribution in [0, 0.1) is 11.3 Å². The van der Waals surface area contributed by atoms with Crippen molar-refractivity contribution in [3.63, 3.8) is 0 Å². The number of aliphatic carboxylic acids is 1. The molecule has 0 spiro atoms. The van der Waals surface area contributed by atoms with Gasteiger partial charge in [-0.2, -0.15) is 5.26 Å². The van der Waals surface area contributed by atoms with Crippen LogP contribution in [0.2, 0.25) is 0 Å². The van der Waals surface area contributed by atoms with Crippen LogP contribution in [0.25, 0.3) is 0 Å². The third-order valence-corrected chi connectivity index (χ3v) is 2.37. The SMILES string of the molecule is CN(C)CCN(CC(=O)O)c1ccc(C#N)nc1. The summed E-state index contributed by atoms with van der Waals surface area (Å²) >= 11 is 0. The Hall–Kier alpha value is -2.13. The van der Waals surface area contributed by atoms with E-state index in [1.165, 1.54) is 6.20 Å². The quantitative estimate of drug-likeness (QED) is 0.785. The summed E-state index contributed by atoms with van der Waals surface area (Å²) in [5.41, 5.74) is 1.03. The van der Waals surface area contributed by atoms with Crippen LogP contribution < -0.4 is 4.90 Å². The molecule has 6 nitrogen and oxygen atoms in total. The van der Waals surface area contributed by atoms with E-state index in [-0.39, 0.29) is 6.54 Å². The molecular weight excluding hydrogens is 232 g/mol. The van der Waals surface area contributed by atoms with Gasteiger partial charge in [0.05, 0.1) is 11.9 Å². The van der Waals surface area contributed by atoms with Gasteiger partial charge >= 0.3 is 5.97 Å². The number of carboxylic acids is 1. The molecule has 0 saturated heterocycles. The summed E-state index contributed by atoms with van der Waals surface area (Å²) in [6, 6.07) is 5.23. The van der Waals surface area contributed by atoms with Crippen LogP contribution in [0.15, 0.2) is 18.3 Å². The van der Waals surface area contributed by atoms with Gasteiger partial charge in [0.15, 0.2) is 0 Å². The van der Waals surface area contributed by atoms with Crippen molar-refractivity contribution >= 4 is 11.7 Å². The second-order valence-corrected chi connectivity index (χ2v) is 4.13. The van der Waals surface area contributed by atoms with E-state index < -0.39 is 5.97 Å². The highest BCUT2D eigenvalue weighted by molar-refractivity contribution is 5.73. The van der Waals surface area contributed by atoms with Crippen LogP contribution in [0.1, 0.15) is 5.69 Å². The van der Waals surface area contributed by atoms with E-state index in [1.807, 2.05) is 25.1 Å². The normalized spacial score (nSPS) is 10.1. The summed E-state index contributed by atoms with van der Waals surface area (Å²) in [5.74, 6) is -0.891. The minimum atomic E-state index is -0.891. The van der Waals surface area contributed by atoms with Gasteiger partial charge in [0.2, 0.25) is 0 Å². The minimum Gasteiger partial charge on any atom is -0.480 e. The van der Waals surface area contributed by atoms with Crippen molar-refractivity contribution in [1.29, 1.82) is 5.26 Å². The fourth-order valence-corrected chi connectivity index (χ4v) is 1.42. The van der Waals surface area contributed by atoms with Gasteiger partial charge in [-0.25, -0.2) is 4.98 Å². The monoisotopic (exact) mass is 248 g/mol. The van der Waals surface area contributed by atoms with Crippen LogP contribution in [0.4, 0.5) is 5.69 Å². The lowest BCUT2D eigenvalue weighted by atomic mass is 10.3. The molecular formula is C12H16N4O2. The van der Waals surface area contributed by atoms with Crippen molar-refractivity contribution in [2.45, 2.75) is 0 Å². The first kappa shape index (κ1) is 13.9. The third kappa shape index (κ3) is 4.39. The Bertz CT molecular complexity index is 436. The summed E-state index contributed by atoms with van der Waals surface area (Å²) in [6.45, 7) is 1.25. The van der Waals surface area contributed by atoms with Gasteiger partial charge in [-0.05, 0) is 26.2 Å². The fourth-order valence-electron chi connectivity index (χ4n) is 1.42. The van der Waals surface area contributed by atoms with Gasteiger partial charge in [0.1, 0.15) is 18.3 Å². The van der Waals surface area contributed by atoms with Crippen LogP contribution in [0.3, 0.4) is 0 Å². The zero-order valence-corrected chi connectivity index (χ0v) is 10.5. The number of aromatic nitrogens is 1. The number of nitriles is 1. The lowest BCUT2D eigenvalue weighted by Crippen LogP contribution is -2.35. The standard InChI is InChI=1S/C12H16N4O2/c1-15(2)5-6-16(9-12(17)18)11-4-3-10(7-13)14-8-11/h3-4,8H,5-6,9H2,1-2H3,(H,17,18). The topological polar surface area (TPSA) is 80.5 Å². The maximum Gasteiger partial charge on any atom is 0.323 e. The molecule has 96 valence electrons. The van der Waals surface area contributed by atoms with E-state index >= 15 is 0 Å². The van der Waals surface area contributed by atoms with Crippen molar-refractivity contribution in [3.8, 4) is 6.07 Å². The number of likely N-dealkylation sites (N-methyl/N-ethyl adjacent to an activating group) is 1. The van der Waals surface area contributed by atoms with E-state index in [0.29, 0.717) is 17.9 Å². The Balaban J connectivity index is 2.80. The number of nitrogens with zero attached hydrogens (tertiary/aromatic N) is 4. The predicted molar refractivity (Wildman–Crippen MR) is 67.4 cm³/mol. The lowest BCUT2D eigenvalue weighted by molar-refractivity contribution is -0.135. The number of hydrogen-bond donors (Lipinski definition) is 1. The van der Waals surface area contributed by atoms with E-state index in [9.17, 15) is 4.79 Å². The van der Waals surface area contributed by atoms with Crippen molar-refractivity contribution in [2.75, 3.05) is 38.6 Å². The van der Waals surface area contributed by atoms with Crippen LogP contribution in [0.5, 0.6) is 0 Å². The van der Waals surface area contributed by atoms with Gasteiger partial charge in [-0.1, -0.05) is 0 Å². The highest BCUT2D eigenvalue weighted by atomic mass is 16.4. The van der Waals surface area contributed by atoms with Crippen molar-refractivity contribution < 1.29 is 9.90 Å². The Morgan fingerprint density at radius 1 is 1.44 bits per heavy atom. The van der Waals surface area contributed by atoms with E-state index in [1.54, 1.807) is 17.0 Å². The van der Waals surface area contributed by atoms with Crippen molar-refractivity contribution in [2.24, 2.45) is 0 Å². The summed E-state index contributed by atoms with van der Waals surface area (Å²) in [7, 11) is 3.85. The Kier molecular flexibility index (Phi) is 5.08. The molecule has 0 aromatic carbocycles. The Morgan fingerprint density at radius 2 is 2.17 bits per heavy atom. The highest BCUT2D eigenvalue weighted by Gasteiger charge is 2.11.